The molecule has 0 saturated carbocycles. The number of furan rings is 1. The molecule has 0 atom stereocenters. The van der Waals surface area contributed by atoms with Gasteiger partial charge in [-0.2, -0.15) is 5.10 Å². The van der Waals surface area contributed by atoms with Crippen LogP contribution in [0.3, 0.4) is 0 Å². The van der Waals surface area contributed by atoms with E-state index in [-0.39, 0.29) is 12.5 Å². The van der Waals surface area contributed by atoms with Crippen molar-refractivity contribution in [1.29, 1.82) is 0 Å². The molecule has 2 aromatic carbocycles. The number of carbonyl (C=O) groups excluding carboxylic acids is 1. The molecule has 6 heteroatoms. The van der Waals surface area contributed by atoms with Crippen LogP contribution in [0, 0.1) is 17.4 Å². The maximum absolute atomic E-state index is 11.8. The number of nitrogens with one attached hydrogen (secondary N) is 1. The van der Waals surface area contributed by atoms with Crippen molar-refractivity contribution < 1.29 is 13.9 Å². The summed E-state index contributed by atoms with van der Waals surface area (Å²) in [7, 11) is 0. The van der Waals surface area contributed by atoms with Crippen molar-refractivity contribution >= 4 is 34.7 Å². The quantitative estimate of drug-likeness (QED) is 0.320. The van der Waals surface area contributed by atoms with Crippen LogP contribution in [0.1, 0.15) is 16.9 Å². The van der Waals surface area contributed by atoms with Crippen LogP contribution in [0.5, 0.6) is 5.75 Å². The van der Waals surface area contributed by atoms with Crippen molar-refractivity contribution in [2.75, 3.05) is 6.61 Å². The molecule has 0 spiro atoms. The summed E-state index contributed by atoms with van der Waals surface area (Å²) in [5, 5.41) is 3.91. The maximum atomic E-state index is 11.8. The lowest BCUT2D eigenvalue weighted by Crippen LogP contribution is -2.24. The van der Waals surface area contributed by atoms with Gasteiger partial charge in [-0.15, -0.1) is 0 Å². The maximum Gasteiger partial charge on any atom is 0.277 e. The third-order valence-electron chi connectivity index (χ3n) is 3.98. The van der Waals surface area contributed by atoms with Crippen molar-refractivity contribution in [2.24, 2.45) is 5.10 Å². The van der Waals surface area contributed by atoms with E-state index < -0.39 is 0 Å². The molecule has 27 heavy (non-hydrogen) atoms. The Morgan fingerprint density at radius 3 is 2.63 bits per heavy atom. The van der Waals surface area contributed by atoms with E-state index in [1.54, 1.807) is 6.07 Å². The van der Waals surface area contributed by atoms with E-state index in [0.717, 1.165) is 20.5 Å². The van der Waals surface area contributed by atoms with Gasteiger partial charge in [-0.3, -0.25) is 4.79 Å². The standard InChI is InChI=1S/C21H19IN2O3/c1-14-3-8-18(11-15(14)2)26-13-21(25)24-23-12-19-9-10-20(27-19)16-4-6-17(22)7-5-16/h3-12H,13H2,1-2H3,(H,24,25)/b23-12+. The molecule has 0 unspecified atom stereocenters. The van der Waals surface area contributed by atoms with Gasteiger partial charge < -0.3 is 9.15 Å². The SMILES string of the molecule is Cc1ccc(OCC(=O)N/N=C/c2ccc(-c3ccc(I)cc3)o2)cc1C. The number of carbonyl (C=O) groups is 1. The van der Waals surface area contributed by atoms with Crippen LogP contribution >= 0.6 is 22.6 Å². The molecular formula is C21H19IN2O3. The highest BCUT2D eigenvalue weighted by Crippen LogP contribution is 2.22. The molecule has 0 saturated heterocycles. The zero-order chi connectivity index (χ0) is 19.2. The molecule has 1 heterocycles. The molecule has 1 amide bonds. The Morgan fingerprint density at radius 2 is 1.89 bits per heavy atom. The van der Waals surface area contributed by atoms with Crippen molar-refractivity contribution in [2.45, 2.75) is 13.8 Å². The summed E-state index contributed by atoms with van der Waals surface area (Å²) in [5.74, 6) is 1.62. The number of ether oxygens (including phenoxy) is 1. The van der Waals surface area contributed by atoms with Crippen LogP contribution in [0.2, 0.25) is 0 Å². The second-order valence-corrected chi connectivity index (χ2v) is 7.28. The summed E-state index contributed by atoms with van der Waals surface area (Å²) in [5.41, 5.74) is 5.71. The van der Waals surface area contributed by atoms with Gasteiger partial charge >= 0.3 is 0 Å². The molecule has 0 fully saturated rings. The van der Waals surface area contributed by atoms with Gasteiger partial charge in [0, 0.05) is 9.13 Å². The number of aryl methyl sites for hydroxylation is 2. The third-order valence-corrected chi connectivity index (χ3v) is 4.70. The van der Waals surface area contributed by atoms with Gasteiger partial charge in [0.2, 0.25) is 0 Å². The van der Waals surface area contributed by atoms with Gasteiger partial charge in [-0.25, -0.2) is 5.43 Å². The highest BCUT2D eigenvalue weighted by molar-refractivity contribution is 14.1. The molecule has 138 valence electrons. The molecule has 0 aliphatic carbocycles. The Labute approximate surface area is 171 Å². The fourth-order valence-corrected chi connectivity index (χ4v) is 2.70. The lowest BCUT2D eigenvalue weighted by atomic mass is 10.1. The first-order chi connectivity index (χ1) is 13.0. The first-order valence-corrected chi connectivity index (χ1v) is 9.47. The van der Waals surface area contributed by atoms with Crippen LogP contribution in [0.4, 0.5) is 0 Å². The van der Waals surface area contributed by atoms with E-state index in [1.165, 1.54) is 11.8 Å². The second-order valence-electron chi connectivity index (χ2n) is 6.04. The van der Waals surface area contributed by atoms with Crippen LogP contribution in [-0.2, 0) is 4.79 Å². The van der Waals surface area contributed by atoms with E-state index in [4.69, 9.17) is 9.15 Å². The number of benzene rings is 2. The monoisotopic (exact) mass is 474 g/mol. The smallest absolute Gasteiger partial charge is 0.277 e. The third kappa shape index (κ3) is 5.43. The van der Waals surface area contributed by atoms with Crippen molar-refractivity contribution in [3.8, 4) is 17.1 Å². The highest BCUT2D eigenvalue weighted by Gasteiger charge is 2.05. The van der Waals surface area contributed by atoms with Crippen LogP contribution in [0.15, 0.2) is 64.1 Å². The van der Waals surface area contributed by atoms with E-state index in [1.807, 2.05) is 62.4 Å². The first kappa shape index (κ1) is 19.2. The fourth-order valence-electron chi connectivity index (χ4n) is 2.34. The zero-order valence-corrected chi connectivity index (χ0v) is 17.2. The predicted octanol–water partition coefficient (Wildman–Crippen LogP) is 4.70. The van der Waals surface area contributed by atoms with Crippen molar-refractivity contribution in [3.05, 3.63) is 75.1 Å². The Balaban J connectivity index is 1.50. The van der Waals surface area contributed by atoms with Crippen LogP contribution < -0.4 is 10.2 Å². The fraction of sp³-hybridized carbons (Fsp3) is 0.143. The number of amides is 1. The molecule has 0 aliphatic heterocycles. The minimum absolute atomic E-state index is 0.105. The summed E-state index contributed by atoms with van der Waals surface area (Å²) < 4.78 is 12.3. The molecule has 0 radical (unpaired) electrons. The minimum Gasteiger partial charge on any atom is -0.484 e. The van der Waals surface area contributed by atoms with Gasteiger partial charge in [0.15, 0.2) is 6.61 Å². The summed E-state index contributed by atoms with van der Waals surface area (Å²) in [6, 6.07) is 17.4. The number of hydrazone groups is 1. The van der Waals surface area contributed by atoms with Crippen molar-refractivity contribution in [1.82, 2.24) is 5.43 Å². The average Bonchev–Trinajstić information content (AvgIpc) is 3.12. The Morgan fingerprint density at radius 1 is 1.11 bits per heavy atom. The summed E-state index contributed by atoms with van der Waals surface area (Å²) in [6.07, 6.45) is 1.46. The summed E-state index contributed by atoms with van der Waals surface area (Å²) >= 11 is 2.26. The molecule has 0 aliphatic rings. The molecular weight excluding hydrogens is 455 g/mol. The average molecular weight is 474 g/mol. The van der Waals surface area contributed by atoms with Crippen LogP contribution in [-0.4, -0.2) is 18.7 Å². The number of hydrogen-bond donors (Lipinski definition) is 1. The highest BCUT2D eigenvalue weighted by atomic mass is 127. The topological polar surface area (TPSA) is 63.8 Å². The Hall–Kier alpha value is -2.61. The lowest BCUT2D eigenvalue weighted by Gasteiger charge is -2.07. The predicted molar refractivity (Wildman–Crippen MR) is 114 cm³/mol. The van der Waals surface area contributed by atoms with E-state index in [0.29, 0.717) is 11.5 Å². The van der Waals surface area contributed by atoms with Gasteiger partial charge in [0.25, 0.3) is 5.91 Å². The molecule has 0 bridgehead atoms. The normalized spacial score (nSPS) is 10.9. The van der Waals surface area contributed by atoms with E-state index in [2.05, 4.69) is 33.1 Å². The van der Waals surface area contributed by atoms with Gasteiger partial charge in [-0.1, -0.05) is 18.2 Å². The number of rotatable bonds is 6. The number of hydrogen-bond acceptors (Lipinski definition) is 4. The molecule has 5 nitrogen and oxygen atoms in total. The number of nitrogens with zero attached hydrogens (tertiary/aromatic N) is 1. The minimum atomic E-state index is -0.339. The molecule has 1 N–H and O–H groups in total. The lowest BCUT2D eigenvalue weighted by molar-refractivity contribution is -0.123. The van der Waals surface area contributed by atoms with Gasteiger partial charge in [0.1, 0.15) is 17.3 Å². The van der Waals surface area contributed by atoms with Gasteiger partial charge in [-0.05, 0) is 84.0 Å². The molecule has 1 aromatic heterocycles. The molecule has 3 aromatic rings. The van der Waals surface area contributed by atoms with Crippen LogP contribution in [0.25, 0.3) is 11.3 Å². The Bertz CT molecular complexity index is 962. The van der Waals surface area contributed by atoms with E-state index >= 15 is 0 Å². The Kier molecular flexibility index (Phi) is 6.28. The molecule has 3 rings (SSSR count). The largest absolute Gasteiger partial charge is 0.484 e. The van der Waals surface area contributed by atoms with E-state index in [9.17, 15) is 4.79 Å². The summed E-state index contributed by atoms with van der Waals surface area (Å²) in [6.45, 7) is 3.92. The summed E-state index contributed by atoms with van der Waals surface area (Å²) in [4.78, 5) is 11.8. The number of halogens is 1. The second kappa shape index (κ2) is 8.85. The van der Waals surface area contributed by atoms with Gasteiger partial charge in [0.05, 0.1) is 6.21 Å². The first-order valence-electron chi connectivity index (χ1n) is 8.39. The zero-order valence-electron chi connectivity index (χ0n) is 15.0. The van der Waals surface area contributed by atoms with Crippen molar-refractivity contribution in [3.63, 3.8) is 0 Å².